The second-order valence-electron chi connectivity index (χ2n) is 3.91. The number of nitrogens with zero attached hydrogens (tertiary/aromatic N) is 1. The Morgan fingerprint density at radius 3 is 2.58 bits per heavy atom. The van der Waals surface area contributed by atoms with Crippen molar-refractivity contribution < 1.29 is 9.90 Å². The maximum Gasteiger partial charge on any atom is 0.254 e. The molecule has 1 aliphatic heterocycles. The predicted octanol–water partition coefficient (Wildman–Crippen LogP) is 0.626. The lowest BCUT2D eigenvalue weighted by molar-refractivity contribution is -0.160. The molecule has 0 aliphatic carbocycles. The van der Waals surface area contributed by atoms with Crippen molar-refractivity contribution in [3.63, 3.8) is 0 Å². The molecule has 1 saturated heterocycles. The zero-order valence-electron chi connectivity index (χ0n) is 8.00. The van der Waals surface area contributed by atoms with Crippen molar-refractivity contribution in [2.75, 3.05) is 13.6 Å². The molecule has 1 rings (SSSR count). The van der Waals surface area contributed by atoms with Gasteiger partial charge in [-0.05, 0) is 18.8 Å². The number of likely N-dealkylation sites (tertiary alicyclic amines) is 1. The molecule has 0 aromatic rings. The van der Waals surface area contributed by atoms with Gasteiger partial charge in [-0.2, -0.15) is 0 Å². The second-order valence-corrected chi connectivity index (χ2v) is 3.91. The molecule has 1 amide bonds. The molecular weight excluding hydrogens is 154 g/mol. The van der Waals surface area contributed by atoms with Gasteiger partial charge in [-0.1, -0.05) is 13.8 Å². The maximum absolute atomic E-state index is 11.6. The van der Waals surface area contributed by atoms with Crippen molar-refractivity contribution in [2.24, 2.45) is 5.92 Å². The van der Waals surface area contributed by atoms with Crippen LogP contribution in [0.3, 0.4) is 0 Å². The number of amides is 1. The first-order valence-corrected chi connectivity index (χ1v) is 4.46. The van der Waals surface area contributed by atoms with Crippen LogP contribution in [0.15, 0.2) is 0 Å². The molecule has 0 bridgehead atoms. The van der Waals surface area contributed by atoms with E-state index in [1.807, 2.05) is 13.8 Å². The zero-order valence-corrected chi connectivity index (χ0v) is 8.00. The summed E-state index contributed by atoms with van der Waals surface area (Å²) in [4.78, 5) is 13.2. The highest BCUT2D eigenvalue weighted by molar-refractivity contribution is 5.85. The van der Waals surface area contributed by atoms with Crippen LogP contribution in [0.4, 0.5) is 0 Å². The lowest BCUT2D eigenvalue weighted by atomic mass is 9.82. The van der Waals surface area contributed by atoms with Crippen LogP contribution < -0.4 is 0 Å². The largest absolute Gasteiger partial charge is 0.380 e. The third-order valence-electron chi connectivity index (χ3n) is 2.72. The van der Waals surface area contributed by atoms with Crippen molar-refractivity contribution in [3.8, 4) is 0 Å². The molecule has 0 spiro atoms. The molecule has 1 unspecified atom stereocenters. The van der Waals surface area contributed by atoms with E-state index in [4.69, 9.17) is 0 Å². The Labute approximate surface area is 73.4 Å². The van der Waals surface area contributed by atoms with Gasteiger partial charge in [0.05, 0.1) is 0 Å². The monoisotopic (exact) mass is 171 g/mol. The fourth-order valence-corrected chi connectivity index (χ4v) is 1.66. The lowest BCUT2D eigenvalue weighted by Crippen LogP contribution is -2.54. The summed E-state index contributed by atoms with van der Waals surface area (Å²) in [5.74, 6) is -0.114. The van der Waals surface area contributed by atoms with Gasteiger partial charge in [0.1, 0.15) is 5.60 Å². The molecule has 12 heavy (non-hydrogen) atoms. The highest BCUT2D eigenvalue weighted by atomic mass is 16.3. The van der Waals surface area contributed by atoms with Crippen LogP contribution in [-0.4, -0.2) is 35.1 Å². The van der Waals surface area contributed by atoms with Crippen molar-refractivity contribution in [1.82, 2.24) is 4.90 Å². The molecule has 70 valence electrons. The van der Waals surface area contributed by atoms with Crippen LogP contribution in [0.5, 0.6) is 0 Å². The molecule has 0 aromatic heterocycles. The number of likely N-dealkylation sites (N-methyl/N-ethyl adjacent to an activating group) is 1. The van der Waals surface area contributed by atoms with Gasteiger partial charge in [0.25, 0.3) is 5.91 Å². The Bertz CT molecular complexity index is 191. The Morgan fingerprint density at radius 2 is 2.17 bits per heavy atom. The average molecular weight is 171 g/mol. The van der Waals surface area contributed by atoms with Gasteiger partial charge in [-0.25, -0.2) is 0 Å². The smallest absolute Gasteiger partial charge is 0.254 e. The van der Waals surface area contributed by atoms with E-state index >= 15 is 0 Å². The van der Waals surface area contributed by atoms with Gasteiger partial charge in [0.2, 0.25) is 0 Å². The number of hydrogen-bond donors (Lipinski definition) is 1. The number of piperidine rings is 1. The Balaban J connectivity index is 2.81. The minimum absolute atomic E-state index is 0.00718. The van der Waals surface area contributed by atoms with E-state index in [0.29, 0.717) is 6.42 Å². The standard InChI is InChI=1S/C9H17NO2/c1-7(2)9(12)5-4-6-10(3)8(9)11/h7,12H,4-6H2,1-3H3. The second kappa shape index (κ2) is 3.05. The first kappa shape index (κ1) is 9.52. The van der Waals surface area contributed by atoms with E-state index in [9.17, 15) is 9.90 Å². The molecule has 1 N–H and O–H groups in total. The van der Waals surface area contributed by atoms with E-state index in [2.05, 4.69) is 0 Å². The van der Waals surface area contributed by atoms with Gasteiger partial charge < -0.3 is 10.0 Å². The SMILES string of the molecule is CC(C)C1(O)CCCN(C)C1=O. The van der Waals surface area contributed by atoms with Gasteiger partial charge in [0.15, 0.2) is 0 Å². The van der Waals surface area contributed by atoms with E-state index in [1.165, 1.54) is 0 Å². The normalized spacial score (nSPS) is 31.4. The van der Waals surface area contributed by atoms with Gasteiger partial charge in [-0.3, -0.25) is 4.79 Å². The van der Waals surface area contributed by atoms with Crippen LogP contribution in [0.1, 0.15) is 26.7 Å². The third-order valence-corrected chi connectivity index (χ3v) is 2.72. The molecule has 0 saturated carbocycles. The molecule has 0 radical (unpaired) electrons. The lowest BCUT2D eigenvalue weighted by Gasteiger charge is -2.38. The average Bonchev–Trinajstić information content (AvgIpc) is 2.00. The molecule has 1 atom stereocenters. The highest BCUT2D eigenvalue weighted by Crippen LogP contribution is 2.28. The highest BCUT2D eigenvalue weighted by Gasteiger charge is 2.43. The van der Waals surface area contributed by atoms with Crippen molar-refractivity contribution in [3.05, 3.63) is 0 Å². The number of hydrogen-bond acceptors (Lipinski definition) is 2. The van der Waals surface area contributed by atoms with E-state index in [0.717, 1.165) is 13.0 Å². The third kappa shape index (κ3) is 1.33. The van der Waals surface area contributed by atoms with E-state index in [1.54, 1.807) is 11.9 Å². The van der Waals surface area contributed by atoms with Crippen LogP contribution in [-0.2, 0) is 4.79 Å². The summed E-state index contributed by atoms with van der Waals surface area (Å²) in [6, 6.07) is 0. The summed E-state index contributed by atoms with van der Waals surface area (Å²) in [6.07, 6.45) is 1.50. The molecular formula is C9H17NO2. The number of carbonyl (C=O) groups is 1. The summed E-state index contributed by atoms with van der Waals surface area (Å²) >= 11 is 0. The Kier molecular flexibility index (Phi) is 2.42. The zero-order chi connectivity index (χ0) is 9.35. The quantitative estimate of drug-likeness (QED) is 0.628. The number of carbonyl (C=O) groups excluding carboxylic acids is 1. The van der Waals surface area contributed by atoms with Crippen LogP contribution in [0, 0.1) is 5.92 Å². The van der Waals surface area contributed by atoms with Gasteiger partial charge in [0, 0.05) is 13.6 Å². The summed E-state index contributed by atoms with van der Waals surface area (Å²) in [5, 5.41) is 10.00. The Morgan fingerprint density at radius 1 is 1.58 bits per heavy atom. The van der Waals surface area contributed by atoms with Crippen molar-refractivity contribution in [2.45, 2.75) is 32.3 Å². The Hall–Kier alpha value is -0.570. The summed E-state index contributed by atoms with van der Waals surface area (Å²) < 4.78 is 0. The number of rotatable bonds is 1. The van der Waals surface area contributed by atoms with Crippen LogP contribution >= 0.6 is 0 Å². The fourth-order valence-electron chi connectivity index (χ4n) is 1.66. The number of aliphatic hydroxyl groups is 1. The minimum atomic E-state index is -1.10. The minimum Gasteiger partial charge on any atom is -0.380 e. The van der Waals surface area contributed by atoms with Crippen molar-refractivity contribution in [1.29, 1.82) is 0 Å². The van der Waals surface area contributed by atoms with E-state index < -0.39 is 5.60 Å². The van der Waals surface area contributed by atoms with Gasteiger partial charge >= 0.3 is 0 Å². The molecule has 0 aromatic carbocycles. The summed E-state index contributed by atoms with van der Waals surface area (Å²) in [7, 11) is 1.74. The van der Waals surface area contributed by atoms with Crippen molar-refractivity contribution >= 4 is 5.91 Å². The molecule has 1 aliphatic rings. The summed E-state index contributed by atoms with van der Waals surface area (Å²) in [6.45, 7) is 4.54. The molecule has 3 nitrogen and oxygen atoms in total. The fraction of sp³-hybridized carbons (Fsp3) is 0.889. The molecule has 1 fully saturated rings. The predicted molar refractivity (Wildman–Crippen MR) is 46.7 cm³/mol. The molecule has 3 heteroatoms. The van der Waals surface area contributed by atoms with Crippen LogP contribution in [0.25, 0.3) is 0 Å². The molecule has 1 heterocycles. The maximum atomic E-state index is 11.6. The first-order valence-electron chi connectivity index (χ1n) is 4.46. The van der Waals surface area contributed by atoms with Gasteiger partial charge in [-0.15, -0.1) is 0 Å². The first-order chi connectivity index (χ1) is 5.48. The summed E-state index contributed by atoms with van der Waals surface area (Å²) in [5.41, 5.74) is -1.10. The van der Waals surface area contributed by atoms with E-state index in [-0.39, 0.29) is 11.8 Å². The van der Waals surface area contributed by atoms with Crippen LogP contribution in [0.2, 0.25) is 0 Å². The topological polar surface area (TPSA) is 40.5 Å².